The number of pyridine rings is 1. The fraction of sp³-hybridized carbons (Fsp3) is 0.235. The molecule has 0 fully saturated rings. The summed E-state index contributed by atoms with van der Waals surface area (Å²) in [5.41, 5.74) is 4.10. The lowest BCUT2D eigenvalue weighted by atomic mass is 10.2. The smallest absolute Gasteiger partial charge is 0.145 e. The van der Waals surface area contributed by atoms with E-state index in [9.17, 15) is 5.26 Å². The first kappa shape index (κ1) is 15.3. The standard InChI is InChI=1S/C17H16N4OS/c1-11-17(23-13(3)19-11)12(2)20-22-10-14-9-21-7-5-4-6-16(21)15(14)8-18/h4-7,9H,10H2,1-3H3/b20-12+. The van der Waals surface area contributed by atoms with Crippen LogP contribution in [-0.4, -0.2) is 15.1 Å². The van der Waals surface area contributed by atoms with E-state index in [1.165, 1.54) is 0 Å². The molecular formula is C17H16N4OS. The molecule has 0 saturated heterocycles. The number of fused-ring (bicyclic) bond motifs is 1. The van der Waals surface area contributed by atoms with Crippen molar-refractivity contribution < 1.29 is 4.84 Å². The molecule has 0 atom stereocenters. The molecule has 0 aliphatic rings. The van der Waals surface area contributed by atoms with Gasteiger partial charge in [0.1, 0.15) is 12.7 Å². The number of oxime groups is 1. The molecule has 0 unspecified atom stereocenters. The second kappa shape index (κ2) is 6.23. The van der Waals surface area contributed by atoms with Crippen LogP contribution in [0.2, 0.25) is 0 Å². The summed E-state index contributed by atoms with van der Waals surface area (Å²) in [5, 5.41) is 14.6. The van der Waals surface area contributed by atoms with Crippen LogP contribution in [0, 0.1) is 25.2 Å². The van der Waals surface area contributed by atoms with Crippen molar-refractivity contribution in [1.29, 1.82) is 5.26 Å². The van der Waals surface area contributed by atoms with E-state index in [0.717, 1.165) is 32.4 Å². The molecule has 3 rings (SSSR count). The van der Waals surface area contributed by atoms with Crippen molar-refractivity contribution in [3.8, 4) is 6.07 Å². The monoisotopic (exact) mass is 324 g/mol. The van der Waals surface area contributed by atoms with Gasteiger partial charge in [-0.25, -0.2) is 4.98 Å². The molecule has 0 spiro atoms. The number of aromatic nitrogens is 2. The normalized spacial score (nSPS) is 11.7. The summed E-state index contributed by atoms with van der Waals surface area (Å²) in [6.07, 6.45) is 3.82. The Balaban J connectivity index is 1.80. The third-order valence-electron chi connectivity index (χ3n) is 3.53. The number of hydrogen-bond acceptors (Lipinski definition) is 5. The predicted molar refractivity (Wildman–Crippen MR) is 90.7 cm³/mol. The molecule has 0 bridgehead atoms. The zero-order valence-electron chi connectivity index (χ0n) is 13.2. The average Bonchev–Trinajstić information content (AvgIpc) is 3.06. The van der Waals surface area contributed by atoms with E-state index in [2.05, 4.69) is 16.2 Å². The van der Waals surface area contributed by atoms with Crippen molar-refractivity contribution in [1.82, 2.24) is 9.38 Å². The molecule has 0 radical (unpaired) electrons. The second-order valence-electron chi connectivity index (χ2n) is 5.23. The second-order valence-corrected chi connectivity index (χ2v) is 6.44. The van der Waals surface area contributed by atoms with E-state index in [-0.39, 0.29) is 6.61 Å². The zero-order chi connectivity index (χ0) is 16.4. The minimum Gasteiger partial charge on any atom is -0.391 e. The molecule has 0 saturated carbocycles. The molecular weight excluding hydrogens is 308 g/mol. The first-order valence-corrected chi connectivity index (χ1v) is 8.01. The Kier molecular flexibility index (Phi) is 4.13. The summed E-state index contributed by atoms with van der Waals surface area (Å²) >= 11 is 1.60. The molecule has 23 heavy (non-hydrogen) atoms. The summed E-state index contributed by atoms with van der Waals surface area (Å²) in [6.45, 7) is 6.10. The minimum absolute atomic E-state index is 0.263. The molecule has 0 aromatic carbocycles. The van der Waals surface area contributed by atoms with Crippen LogP contribution >= 0.6 is 11.3 Å². The SMILES string of the molecule is C/C(=N\OCc1cn2ccccc2c1C#N)c1sc(C)nc1C. The highest BCUT2D eigenvalue weighted by molar-refractivity contribution is 7.13. The third kappa shape index (κ3) is 2.96. The van der Waals surface area contributed by atoms with Gasteiger partial charge in [0, 0.05) is 18.0 Å². The van der Waals surface area contributed by atoms with E-state index >= 15 is 0 Å². The lowest BCUT2D eigenvalue weighted by Crippen LogP contribution is -1.97. The van der Waals surface area contributed by atoms with Gasteiger partial charge in [0.15, 0.2) is 0 Å². The lowest BCUT2D eigenvalue weighted by molar-refractivity contribution is 0.130. The molecule has 3 aromatic heterocycles. The molecule has 0 aliphatic carbocycles. The van der Waals surface area contributed by atoms with Crippen LogP contribution < -0.4 is 0 Å². The van der Waals surface area contributed by atoms with Crippen LogP contribution in [0.3, 0.4) is 0 Å². The van der Waals surface area contributed by atoms with Gasteiger partial charge < -0.3 is 9.24 Å². The highest BCUT2D eigenvalue weighted by Gasteiger charge is 2.11. The van der Waals surface area contributed by atoms with Crippen LogP contribution in [-0.2, 0) is 11.4 Å². The van der Waals surface area contributed by atoms with Crippen LogP contribution in [0.25, 0.3) is 5.52 Å². The van der Waals surface area contributed by atoms with E-state index in [1.54, 1.807) is 11.3 Å². The lowest BCUT2D eigenvalue weighted by Gasteiger charge is -2.00. The van der Waals surface area contributed by atoms with Gasteiger partial charge in [-0.15, -0.1) is 11.3 Å². The number of nitriles is 1. The van der Waals surface area contributed by atoms with Crippen molar-refractivity contribution in [2.45, 2.75) is 27.4 Å². The quantitative estimate of drug-likeness (QED) is 0.541. The van der Waals surface area contributed by atoms with Gasteiger partial charge in [-0.3, -0.25) is 0 Å². The van der Waals surface area contributed by atoms with Gasteiger partial charge in [0.2, 0.25) is 0 Å². The average molecular weight is 324 g/mol. The highest BCUT2D eigenvalue weighted by Crippen LogP contribution is 2.20. The number of nitrogens with zero attached hydrogens (tertiary/aromatic N) is 4. The Hall–Kier alpha value is -2.65. The van der Waals surface area contributed by atoms with Crippen LogP contribution in [0.5, 0.6) is 0 Å². The van der Waals surface area contributed by atoms with E-state index in [0.29, 0.717) is 5.56 Å². The predicted octanol–water partition coefficient (Wildman–Crippen LogP) is 3.83. The first-order valence-electron chi connectivity index (χ1n) is 7.19. The summed E-state index contributed by atoms with van der Waals surface area (Å²) in [6, 6.07) is 8.00. The van der Waals surface area contributed by atoms with E-state index < -0.39 is 0 Å². The molecule has 3 heterocycles. The minimum atomic E-state index is 0.263. The molecule has 5 nitrogen and oxygen atoms in total. The van der Waals surface area contributed by atoms with Crippen LogP contribution in [0.1, 0.15) is 33.6 Å². The molecule has 0 N–H and O–H groups in total. The fourth-order valence-electron chi connectivity index (χ4n) is 2.52. The molecule has 3 aromatic rings. The maximum absolute atomic E-state index is 9.37. The van der Waals surface area contributed by atoms with Gasteiger partial charge in [-0.2, -0.15) is 5.26 Å². The van der Waals surface area contributed by atoms with Crippen molar-refractivity contribution >= 4 is 22.6 Å². The number of thiazole rings is 1. The summed E-state index contributed by atoms with van der Waals surface area (Å²) in [4.78, 5) is 10.9. The van der Waals surface area contributed by atoms with Crippen molar-refractivity contribution in [2.24, 2.45) is 5.16 Å². The van der Waals surface area contributed by atoms with Gasteiger partial charge in [-0.1, -0.05) is 11.2 Å². The number of aryl methyl sites for hydroxylation is 2. The van der Waals surface area contributed by atoms with Gasteiger partial charge >= 0.3 is 0 Å². The molecule has 0 amide bonds. The Morgan fingerprint density at radius 2 is 2.26 bits per heavy atom. The van der Waals surface area contributed by atoms with Gasteiger partial charge in [-0.05, 0) is 32.9 Å². The van der Waals surface area contributed by atoms with Crippen molar-refractivity contribution in [3.63, 3.8) is 0 Å². The van der Waals surface area contributed by atoms with Crippen LogP contribution in [0.15, 0.2) is 35.7 Å². The number of rotatable bonds is 4. The Morgan fingerprint density at radius 3 is 2.96 bits per heavy atom. The molecule has 116 valence electrons. The van der Waals surface area contributed by atoms with Gasteiger partial charge in [0.05, 0.1) is 32.4 Å². The van der Waals surface area contributed by atoms with E-state index in [1.807, 2.05) is 55.8 Å². The topological polar surface area (TPSA) is 62.7 Å². The molecule has 0 aliphatic heterocycles. The van der Waals surface area contributed by atoms with Crippen molar-refractivity contribution in [2.75, 3.05) is 0 Å². The fourth-order valence-corrected chi connectivity index (χ4v) is 3.38. The zero-order valence-corrected chi connectivity index (χ0v) is 14.0. The summed E-state index contributed by atoms with van der Waals surface area (Å²) in [5.74, 6) is 0. The summed E-state index contributed by atoms with van der Waals surface area (Å²) in [7, 11) is 0. The van der Waals surface area contributed by atoms with Crippen LogP contribution in [0.4, 0.5) is 0 Å². The Morgan fingerprint density at radius 1 is 1.43 bits per heavy atom. The van der Waals surface area contributed by atoms with E-state index in [4.69, 9.17) is 4.84 Å². The molecule has 6 heteroatoms. The highest BCUT2D eigenvalue weighted by atomic mass is 32.1. The third-order valence-corrected chi connectivity index (χ3v) is 4.71. The maximum atomic E-state index is 9.37. The number of hydrogen-bond donors (Lipinski definition) is 0. The van der Waals surface area contributed by atoms with Gasteiger partial charge in [0.25, 0.3) is 0 Å². The maximum Gasteiger partial charge on any atom is 0.145 e. The van der Waals surface area contributed by atoms with Crippen molar-refractivity contribution in [3.05, 3.63) is 57.3 Å². The largest absolute Gasteiger partial charge is 0.391 e. The summed E-state index contributed by atoms with van der Waals surface area (Å²) < 4.78 is 1.92. The Labute approximate surface area is 138 Å². The Bertz CT molecular complexity index is 930. The first-order chi connectivity index (χ1) is 11.1.